The maximum absolute atomic E-state index is 5.28. The summed E-state index contributed by atoms with van der Waals surface area (Å²) in [6.45, 7) is 1.69. The van der Waals surface area contributed by atoms with E-state index in [4.69, 9.17) is 14.2 Å². The smallest absolute Gasteiger partial charge is 0.122 e. The third-order valence-electron chi connectivity index (χ3n) is 3.49. The van der Waals surface area contributed by atoms with Crippen LogP contribution in [-0.4, -0.2) is 27.9 Å². The molecular formula is C18H23NO3. The molecule has 2 rings (SSSR count). The molecule has 118 valence electrons. The van der Waals surface area contributed by atoms with Gasteiger partial charge in [0.25, 0.3) is 0 Å². The first kappa shape index (κ1) is 16.2. The zero-order chi connectivity index (χ0) is 15.8. The van der Waals surface area contributed by atoms with Crippen LogP contribution in [0.25, 0.3) is 0 Å². The zero-order valence-electron chi connectivity index (χ0n) is 13.4. The highest BCUT2D eigenvalue weighted by molar-refractivity contribution is 5.38. The molecule has 2 aromatic rings. The summed E-state index contributed by atoms with van der Waals surface area (Å²) in [6, 6.07) is 14.1. The number of hydrogen-bond acceptors (Lipinski definition) is 4. The van der Waals surface area contributed by atoms with Crippen molar-refractivity contribution in [2.75, 3.05) is 27.9 Å². The fourth-order valence-corrected chi connectivity index (χ4v) is 2.23. The van der Waals surface area contributed by atoms with Gasteiger partial charge in [-0.1, -0.05) is 12.1 Å². The van der Waals surface area contributed by atoms with E-state index in [0.717, 1.165) is 42.3 Å². The van der Waals surface area contributed by atoms with Crippen molar-refractivity contribution in [2.24, 2.45) is 0 Å². The molecule has 0 aliphatic rings. The minimum atomic E-state index is 0.781. The Labute approximate surface area is 132 Å². The summed E-state index contributed by atoms with van der Waals surface area (Å²) in [5.41, 5.74) is 2.43. The third-order valence-corrected chi connectivity index (χ3v) is 3.49. The molecule has 4 heteroatoms. The van der Waals surface area contributed by atoms with Gasteiger partial charge < -0.3 is 19.5 Å². The molecule has 0 heterocycles. The summed E-state index contributed by atoms with van der Waals surface area (Å²) in [5.74, 6) is 2.51. The highest BCUT2D eigenvalue weighted by Crippen LogP contribution is 2.22. The lowest BCUT2D eigenvalue weighted by Gasteiger charge is -2.10. The number of hydrogen-bond donors (Lipinski definition) is 1. The van der Waals surface area contributed by atoms with E-state index in [1.807, 2.05) is 30.3 Å². The second-order valence-electron chi connectivity index (χ2n) is 5.00. The molecular weight excluding hydrogens is 278 g/mol. The van der Waals surface area contributed by atoms with Crippen molar-refractivity contribution in [1.82, 2.24) is 5.32 Å². The van der Waals surface area contributed by atoms with Crippen molar-refractivity contribution < 1.29 is 14.2 Å². The molecule has 0 fully saturated rings. The van der Waals surface area contributed by atoms with Crippen LogP contribution in [-0.2, 0) is 13.0 Å². The normalized spacial score (nSPS) is 10.3. The second kappa shape index (κ2) is 8.29. The van der Waals surface area contributed by atoms with Crippen LogP contribution < -0.4 is 19.5 Å². The maximum atomic E-state index is 5.28. The van der Waals surface area contributed by atoms with Gasteiger partial charge in [-0.05, 0) is 48.4 Å². The predicted molar refractivity (Wildman–Crippen MR) is 88.0 cm³/mol. The molecule has 22 heavy (non-hydrogen) atoms. The topological polar surface area (TPSA) is 39.7 Å². The monoisotopic (exact) mass is 301 g/mol. The van der Waals surface area contributed by atoms with Crippen molar-refractivity contribution in [1.29, 1.82) is 0 Å². The van der Waals surface area contributed by atoms with E-state index in [2.05, 4.69) is 17.4 Å². The maximum Gasteiger partial charge on any atom is 0.122 e. The lowest BCUT2D eigenvalue weighted by Crippen LogP contribution is -2.16. The lowest BCUT2D eigenvalue weighted by atomic mass is 10.1. The van der Waals surface area contributed by atoms with Gasteiger partial charge in [-0.2, -0.15) is 0 Å². The Balaban J connectivity index is 1.82. The first-order valence-electron chi connectivity index (χ1n) is 7.30. The fourth-order valence-electron chi connectivity index (χ4n) is 2.23. The van der Waals surface area contributed by atoms with Gasteiger partial charge in [0, 0.05) is 12.6 Å². The first-order valence-corrected chi connectivity index (χ1v) is 7.30. The quantitative estimate of drug-likeness (QED) is 0.761. The van der Waals surface area contributed by atoms with Crippen molar-refractivity contribution >= 4 is 0 Å². The van der Waals surface area contributed by atoms with Gasteiger partial charge in [0.2, 0.25) is 0 Å². The van der Waals surface area contributed by atoms with Crippen LogP contribution in [0.3, 0.4) is 0 Å². The van der Waals surface area contributed by atoms with Crippen LogP contribution >= 0.6 is 0 Å². The average molecular weight is 301 g/mol. The molecule has 0 spiro atoms. The molecule has 0 saturated carbocycles. The van der Waals surface area contributed by atoms with E-state index in [1.54, 1.807) is 21.3 Å². The van der Waals surface area contributed by atoms with Crippen molar-refractivity contribution in [3.05, 3.63) is 53.6 Å². The average Bonchev–Trinajstić information content (AvgIpc) is 2.58. The number of benzene rings is 2. The van der Waals surface area contributed by atoms with Crippen LogP contribution in [0.15, 0.2) is 42.5 Å². The van der Waals surface area contributed by atoms with Crippen LogP contribution in [0.4, 0.5) is 0 Å². The molecule has 0 aromatic heterocycles. The summed E-state index contributed by atoms with van der Waals surface area (Å²) < 4.78 is 15.7. The Morgan fingerprint density at radius 2 is 1.32 bits per heavy atom. The fraction of sp³-hybridized carbons (Fsp3) is 0.333. The molecule has 4 nitrogen and oxygen atoms in total. The molecule has 0 atom stereocenters. The summed E-state index contributed by atoms with van der Waals surface area (Å²) in [4.78, 5) is 0. The van der Waals surface area contributed by atoms with E-state index in [9.17, 15) is 0 Å². The summed E-state index contributed by atoms with van der Waals surface area (Å²) in [6.07, 6.45) is 0.977. The SMILES string of the molecule is COc1ccc(CCNCc2cc(OC)cc(OC)c2)cc1. The largest absolute Gasteiger partial charge is 0.497 e. The third kappa shape index (κ3) is 4.67. The molecule has 0 radical (unpaired) electrons. The first-order chi connectivity index (χ1) is 10.7. The zero-order valence-corrected chi connectivity index (χ0v) is 13.4. The molecule has 0 aliphatic heterocycles. The number of rotatable bonds is 8. The minimum Gasteiger partial charge on any atom is -0.497 e. The van der Waals surface area contributed by atoms with Crippen LogP contribution in [0, 0.1) is 0 Å². The van der Waals surface area contributed by atoms with E-state index in [0.29, 0.717) is 0 Å². The van der Waals surface area contributed by atoms with Crippen molar-refractivity contribution in [3.8, 4) is 17.2 Å². The van der Waals surface area contributed by atoms with E-state index >= 15 is 0 Å². The standard InChI is InChI=1S/C18H23NO3/c1-20-16-6-4-14(5-7-16)8-9-19-13-15-10-17(21-2)12-18(11-15)22-3/h4-7,10-12,19H,8-9,13H2,1-3H3. The van der Waals surface area contributed by atoms with E-state index < -0.39 is 0 Å². The van der Waals surface area contributed by atoms with Crippen LogP contribution in [0.1, 0.15) is 11.1 Å². The minimum absolute atomic E-state index is 0.781. The molecule has 0 bridgehead atoms. The van der Waals surface area contributed by atoms with Gasteiger partial charge in [-0.3, -0.25) is 0 Å². The Morgan fingerprint density at radius 1 is 0.727 bits per heavy atom. The Bertz CT molecular complexity index is 559. The Kier molecular flexibility index (Phi) is 6.10. The van der Waals surface area contributed by atoms with Crippen molar-refractivity contribution in [2.45, 2.75) is 13.0 Å². The van der Waals surface area contributed by atoms with E-state index in [1.165, 1.54) is 5.56 Å². The van der Waals surface area contributed by atoms with Gasteiger partial charge >= 0.3 is 0 Å². The van der Waals surface area contributed by atoms with Crippen molar-refractivity contribution in [3.63, 3.8) is 0 Å². The van der Waals surface area contributed by atoms with Gasteiger partial charge in [0.1, 0.15) is 17.2 Å². The van der Waals surface area contributed by atoms with Crippen LogP contribution in [0.2, 0.25) is 0 Å². The number of ether oxygens (including phenoxy) is 3. The molecule has 2 aromatic carbocycles. The molecule has 0 amide bonds. The highest BCUT2D eigenvalue weighted by atomic mass is 16.5. The molecule has 0 unspecified atom stereocenters. The Morgan fingerprint density at radius 3 is 1.86 bits per heavy atom. The van der Waals surface area contributed by atoms with Gasteiger partial charge in [0.15, 0.2) is 0 Å². The van der Waals surface area contributed by atoms with Gasteiger partial charge in [-0.25, -0.2) is 0 Å². The van der Waals surface area contributed by atoms with Crippen LogP contribution in [0.5, 0.6) is 17.2 Å². The van der Waals surface area contributed by atoms with E-state index in [-0.39, 0.29) is 0 Å². The van der Waals surface area contributed by atoms with Gasteiger partial charge in [0.05, 0.1) is 21.3 Å². The molecule has 0 saturated heterocycles. The summed E-state index contributed by atoms with van der Waals surface area (Å²) in [7, 11) is 5.00. The molecule has 0 aliphatic carbocycles. The highest BCUT2D eigenvalue weighted by Gasteiger charge is 2.02. The lowest BCUT2D eigenvalue weighted by molar-refractivity contribution is 0.393. The van der Waals surface area contributed by atoms with Gasteiger partial charge in [-0.15, -0.1) is 0 Å². The number of nitrogens with one attached hydrogen (secondary N) is 1. The predicted octanol–water partition coefficient (Wildman–Crippen LogP) is 3.04. The second-order valence-corrected chi connectivity index (χ2v) is 5.00. The summed E-state index contributed by atoms with van der Waals surface area (Å²) >= 11 is 0. The Hall–Kier alpha value is -2.20. The molecule has 1 N–H and O–H groups in total. The summed E-state index contributed by atoms with van der Waals surface area (Å²) in [5, 5.41) is 3.44. The number of methoxy groups -OCH3 is 3.